The van der Waals surface area contributed by atoms with Crippen LogP contribution in [0.5, 0.6) is 0 Å². The Hall–Kier alpha value is -1.58. The van der Waals surface area contributed by atoms with E-state index in [2.05, 4.69) is 18.5 Å². The third kappa shape index (κ3) is 5.66. The van der Waals surface area contributed by atoms with Gasteiger partial charge in [-0.15, -0.1) is 13.2 Å². The van der Waals surface area contributed by atoms with Gasteiger partial charge in [-0.3, -0.25) is 9.59 Å². The van der Waals surface area contributed by atoms with Crippen molar-refractivity contribution in [2.45, 2.75) is 33.1 Å². The normalized spacial score (nSPS) is 11.1. The minimum atomic E-state index is -0.856. The first kappa shape index (κ1) is 16.4. The number of allylic oxidation sites excluding steroid dienone is 2. The minimum absolute atomic E-state index is 0.0732. The molecule has 0 aliphatic carbocycles. The number of carbonyl (C=O) groups excluding carboxylic acids is 1. The van der Waals surface area contributed by atoms with Crippen molar-refractivity contribution in [3.05, 3.63) is 25.3 Å². The molecule has 0 unspecified atom stereocenters. The zero-order chi connectivity index (χ0) is 14.2. The molecule has 102 valence electrons. The summed E-state index contributed by atoms with van der Waals surface area (Å²) in [6.07, 6.45) is 5.01. The summed E-state index contributed by atoms with van der Waals surface area (Å²) < 4.78 is 0. The molecule has 4 heteroatoms. The Morgan fingerprint density at radius 3 is 2.17 bits per heavy atom. The molecule has 1 amide bonds. The number of hydrogen-bond acceptors (Lipinski definition) is 2. The fraction of sp³-hybridized carbons (Fsp3) is 0.571. The molecule has 18 heavy (non-hydrogen) atoms. The Labute approximate surface area is 109 Å². The molecule has 0 fully saturated rings. The van der Waals surface area contributed by atoms with E-state index in [1.807, 2.05) is 0 Å². The van der Waals surface area contributed by atoms with Gasteiger partial charge in [-0.2, -0.15) is 0 Å². The smallest absolute Gasteiger partial charge is 0.309 e. The highest BCUT2D eigenvalue weighted by atomic mass is 16.4. The largest absolute Gasteiger partial charge is 0.481 e. The van der Waals surface area contributed by atoms with Crippen LogP contribution in [0.2, 0.25) is 0 Å². The summed E-state index contributed by atoms with van der Waals surface area (Å²) in [5, 5.41) is 11.7. The van der Waals surface area contributed by atoms with E-state index < -0.39 is 11.4 Å². The lowest BCUT2D eigenvalue weighted by atomic mass is 9.89. The Kier molecular flexibility index (Phi) is 7.01. The number of carboxylic acid groups (broad SMARTS) is 1. The SMILES string of the molecule is C=CCC(CC=C)C(=O)NCCC(C)(C)C(=O)O. The van der Waals surface area contributed by atoms with Crippen LogP contribution < -0.4 is 5.32 Å². The second-order valence-corrected chi connectivity index (χ2v) is 4.98. The van der Waals surface area contributed by atoms with E-state index in [4.69, 9.17) is 5.11 Å². The fourth-order valence-corrected chi connectivity index (χ4v) is 1.46. The molecule has 0 rings (SSSR count). The third-order valence-corrected chi connectivity index (χ3v) is 2.90. The van der Waals surface area contributed by atoms with Crippen LogP contribution in [-0.2, 0) is 9.59 Å². The fourth-order valence-electron chi connectivity index (χ4n) is 1.46. The molecule has 0 aromatic heterocycles. The Morgan fingerprint density at radius 1 is 1.28 bits per heavy atom. The van der Waals surface area contributed by atoms with Gasteiger partial charge in [0.2, 0.25) is 5.91 Å². The number of nitrogens with one attached hydrogen (secondary N) is 1. The highest BCUT2D eigenvalue weighted by Crippen LogP contribution is 2.19. The van der Waals surface area contributed by atoms with Crippen LogP contribution in [0.15, 0.2) is 25.3 Å². The van der Waals surface area contributed by atoms with Gasteiger partial charge in [0.05, 0.1) is 5.41 Å². The number of carboxylic acids is 1. The molecule has 0 atom stereocenters. The molecule has 0 aromatic rings. The van der Waals surface area contributed by atoms with E-state index in [9.17, 15) is 9.59 Å². The zero-order valence-corrected chi connectivity index (χ0v) is 11.2. The average molecular weight is 253 g/mol. The van der Waals surface area contributed by atoms with Crippen LogP contribution in [0.3, 0.4) is 0 Å². The molecule has 0 aliphatic rings. The second kappa shape index (κ2) is 7.69. The maximum absolute atomic E-state index is 11.8. The van der Waals surface area contributed by atoms with Crippen LogP contribution in [0, 0.1) is 11.3 Å². The minimum Gasteiger partial charge on any atom is -0.481 e. The van der Waals surface area contributed by atoms with Crippen molar-refractivity contribution in [1.82, 2.24) is 5.32 Å². The monoisotopic (exact) mass is 253 g/mol. The Morgan fingerprint density at radius 2 is 1.78 bits per heavy atom. The molecule has 0 radical (unpaired) electrons. The van der Waals surface area contributed by atoms with Crippen LogP contribution in [-0.4, -0.2) is 23.5 Å². The summed E-state index contributed by atoms with van der Waals surface area (Å²) in [6, 6.07) is 0. The lowest BCUT2D eigenvalue weighted by Gasteiger charge is -2.20. The number of carbonyl (C=O) groups is 2. The highest BCUT2D eigenvalue weighted by Gasteiger charge is 2.27. The van der Waals surface area contributed by atoms with Crippen LogP contribution >= 0.6 is 0 Å². The summed E-state index contributed by atoms with van der Waals surface area (Å²) in [7, 11) is 0. The predicted octanol–water partition coefficient (Wildman–Crippen LogP) is 2.37. The van der Waals surface area contributed by atoms with Crippen molar-refractivity contribution in [3.8, 4) is 0 Å². The molecule has 0 saturated carbocycles. The first-order valence-corrected chi connectivity index (χ1v) is 6.08. The highest BCUT2D eigenvalue weighted by molar-refractivity contribution is 5.79. The van der Waals surface area contributed by atoms with Gasteiger partial charge in [-0.25, -0.2) is 0 Å². The molecule has 0 aromatic carbocycles. The topological polar surface area (TPSA) is 66.4 Å². The lowest BCUT2D eigenvalue weighted by molar-refractivity contribution is -0.147. The number of hydrogen-bond donors (Lipinski definition) is 2. The van der Waals surface area contributed by atoms with E-state index in [0.717, 1.165) is 0 Å². The van der Waals surface area contributed by atoms with Gasteiger partial charge in [0, 0.05) is 12.5 Å². The summed E-state index contributed by atoms with van der Waals surface area (Å²) in [6.45, 7) is 10.9. The van der Waals surface area contributed by atoms with Gasteiger partial charge in [-0.05, 0) is 33.1 Å². The van der Waals surface area contributed by atoms with Gasteiger partial charge in [-0.1, -0.05) is 12.2 Å². The van der Waals surface area contributed by atoms with Crippen molar-refractivity contribution >= 4 is 11.9 Å². The molecule has 0 bridgehead atoms. The third-order valence-electron chi connectivity index (χ3n) is 2.90. The summed E-state index contributed by atoms with van der Waals surface area (Å²) in [4.78, 5) is 22.7. The standard InChI is InChI=1S/C14H23NO3/c1-5-7-11(8-6-2)12(16)15-10-9-14(3,4)13(17)18/h5-6,11H,1-2,7-10H2,3-4H3,(H,15,16)(H,17,18). The number of amides is 1. The Bertz CT molecular complexity index is 311. The maximum atomic E-state index is 11.8. The van der Waals surface area contributed by atoms with Gasteiger partial charge in [0.25, 0.3) is 0 Å². The average Bonchev–Trinajstić information content (AvgIpc) is 2.28. The van der Waals surface area contributed by atoms with Crippen LogP contribution in [0.4, 0.5) is 0 Å². The van der Waals surface area contributed by atoms with E-state index in [0.29, 0.717) is 25.8 Å². The quantitative estimate of drug-likeness (QED) is 0.620. The number of aliphatic carboxylic acids is 1. The van der Waals surface area contributed by atoms with E-state index in [1.54, 1.807) is 26.0 Å². The van der Waals surface area contributed by atoms with Gasteiger partial charge in [0.1, 0.15) is 0 Å². The predicted molar refractivity (Wildman–Crippen MR) is 72.2 cm³/mol. The van der Waals surface area contributed by atoms with E-state index >= 15 is 0 Å². The van der Waals surface area contributed by atoms with Crippen molar-refractivity contribution in [1.29, 1.82) is 0 Å². The summed E-state index contributed by atoms with van der Waals surface area (Å²) >= 11 is 0. The molecule has 0 saturated heterocycles. The molecule has 0 aliphatic heterocycles. The zero-order valence-electron chi connectivity index (χ0n) is 11.2. The molecule has 0 spiro atoms. The molecular weight excluding hydrogens is 230 g/mol. The molecular formula is C14H23NO3. The lowest BCUT2D eigenvalue weighted by Crippen LogP contribution is -2.35. The molecule has 4 nitrogen and oxygen atoms in total. The van der Waals surface area contributed by atoms with Crippen LogP contribution in [0.25, 0.3) is 0 Å². The van der Waals surface area contributed by atoms with Gasteiger partial charge < -0.3 is 10.4 Å². The molecule has 2 N–H and O–H groups in total. The van der Waals surface area contributed by atoms with Crippen molar-refractivity contribution in [2.24, 2.45) is 11.3 Å². The second-order valence-electron chi connectivity index (χ2n) is 4.98. The van der Waals surface area contributed by atoms with Gasteiger partial charge in [0.15, 0.2) is 0 Å². The summed E-state index contributed by atoms with van der Waals surface area (Å²) in [5.74, 6) is -1.09. The van der Waals surface area contributed by atoms with E-state index in [1.165, 1.54) is 0 Å². The molecule has 0 heterocycles. The first-order valence-electron chi connectivity index (χ1n) is 6.08. The van der Waals surface area contributed by atoms with Crippen molar-refractivity contribution in [3.63, 3.8) is 0 Å². The van der Waals surface area contributed by atoms with Crippen molar-refractivity contribution in [2.75, 3.05) is 6.54 Å². The summed E-state index contributed by atoms with van der Waals surface area (Å²) in [5.41, 5.74) is -0.820. The van der Waals surface area contributed by atoms with Crippen LogP contribution in [0.1, 0.15) is 33.1 Å². The number of rotatable bonds is 9. The van der Waals surface area contributed by atoms with Crippen molar-refractivity contribution < 1.29 is 14.7 Å². The van der Waals surface area contributed by atoms with E-state index in [-0.39, 0.29) is 11.8 Å². The Balaban J connectivity index is 4.19. The maximum Gasteiger partial charge on any atom is 0.309 e. The first-order chi connectivity index (χ1) is 8.35. The van der Waals surface area contributed by atoms with Gasteiger partial charge >= 0.3 is 5.97 Å².